The minimum absolute atomic E-state index is 0.0826. The summed E-state index contributed by atoms with van der Waals surface area (Å²) in [4.78, 5) is -0.0826. The van der Waals surface area contributed by atoms with Gasteiger partial charge < -0.3 is 0 Å². The quantitative estimate of drug-likeness (QED) is 0.848. The lowest BCUT2D eigenvalue weighted by atomic mass is 10.0. The van der Waals surface area contributed by atoms with Crippen molar-refractivity contribution in [2.45, 2.75) is 31.1 Å². The van der Waals surface area contributed by atoms with Crippen LogP contribution in [0.5, 0.6) is 0 Å². The van der Waals surface area contributed by atoms with Crippen molar-refractivity contribution in [2.24, 2.45) is 0 Å². The molecular formula is C16H18O3S. The zero-order valence-electron chi connectivity index (χ0n) is 11.4. The molecule has 0 amide bonds. The monoisotopic (exact) mass is 290 g/mol. The standard InChI is InChI=1S/C16H18O3S/c1-2-3-4-13-5-7-14(8-6-13)15-9-11-16(12-10-15)20(17,18)19/h5-12H,2-4H2,1H3,(H,17,18,19). The van der Waals surface area contributed by atoms with Gasteiger partial charge in [-0.15, -0.1) is 0 Å². The third-order valence-electron chi connectivity index (χ3n) is 3.26. The highest BCUT2D eigenvalue weighted by Crippen LogP contribution is 2.22. The van der Waals surface area contributed by atoms with Gasteiger partial charge >= 0.3 is 0 Å². The molecule has 0 saturated carbocycles. The predicted octanol–water partition coefficient (Wildman–Crippen LogP) is 3.94. The van der Waals surface area contributed by atoms with E-state index in [-0.39, 0.29) is 4.90 Å². The molecule has 0 heterocycles. The SMILES string of the molecule is CCCCc1ccc(-c2ccc(S(=O)(=O)O)cc2)cc1. The molecule has 1 N–H and O–H groups in total. The van der Waals surface area contributed by atoms with E-state index in [4.69, 9.17) is 4.55 Å². The second kappa shape index (κ2) is 6.20. The Hall–Kier alpha value is -1.65. The molecule has 0 saturated heterocycles. The lowest BCUT2D eigenvalue weighted by molar-refractivity contribution is 0.483. The fraction of sp³-hybridized carbons (Fsp3) is 0.250. The Morgan fingerprint density at radius 1 is 0.900 bits per heavy atom. The van der Waals surface area contributed by atoms with Crippen LogP contribution >= 0.6 is 0 Å². The molecule has 106 valence electrons. The first-order valence-electron chi connectivity index (χ1n) is 6.67. The van der Waals surface area contributed by atoms with Crippen molar-refractivity contribution in [2.75, 3.05) is 0 Å². The summed E-state index contributed by atoms with van der Waals surface area (Å²) in [7, 11) is -4.12. The van der Waals surface area contributed by atoms with E-state index in [1.165, 1.54) is 30.5 Å². The van der Waals surface area contributed by atoms with Gasteiger partial charge in [0.15, 0.2) is 0 Å². The summed E-state index contributed by atoms with van der Waals surface area (Å²) < 4.78 is 30.9. The van der Waals surface area contributed by atoms with Crippen LogP contribution in [-0.4, -0.2) is 13.0 Å². The predicted molar refractivity (Wildman–Crippen MR) is 80.3 cm³/mol. The zero-order chi connectivity index (χ0) is 14.6. The van der Waals surface area contributed by atoms with Crippen molar-refractivity contribution in [1.82, 2.24) is 0 Å². The minimum Gasteiger partial charge on any atom is -0.282 e. The van der Waals surface area contributed by atoms with E-state index in [0.29, 0.717) is 0 Å². The molecule has 20 heavy (non-hydrogen) atoms. The summed E-state index contributed by atoms with van der Waals surface area (Å²) in [6.07, 6.45) is 3.44. The normalized spacial score (nSPS) is 11.5. The van der Waals surface area contributed by atoms with Gasteiger partial charge in [0.1, 0.15) is 0 Å². The number of rotatable bonds is 5. The van der Waals surface area contributed by atoms with Gasteiger partial charge in [-0.05, 0) is 41.7 Å². The molecule has 3 nitrogen and oxygen atoms in total. The van der Waals surface area contributed by atoms with Crippen molar-refractivity contribution in [1.29, 1.82) is 0 Å². The number of benzene rings is 2. The number of hydrogen-bond donors (Lipinski definition) is 1. The summed E-state index contributed by atoms with van der Waals surface area (Å²) in [5.41, 5.74) is 3.27. The largest absolute Gasteiger partial charge is 0.294 e. The third kappa shape index (κ3) is 3.68. The van der Waals surface area contributed by atoms with Gasteiger partial charge in [0.2, 0.25) is 0 Å². The maximum atomic E-state index is 11.0. The Bertz CT molecular complexity index is 656. The van der Waals surface area contributed by atoms with Gasteiger partial charge in [-0.1, -0.05) is 49.7 Å². The summed E-state index contributed by atoms with van der Waals surface area (Å²) in [6, 6.07) is 14.5. The van der Waals surface area contributed by atoms with Gasteiger partial charge in [0.25, 0.3) is 10.1 Å². The molecule has 2 aromatic rings. The Morgan fingerprint density at radius 3 is 1.85 bits per heavy atom. The molecule has 0 fully saturated rings. The zero-order valence-corrected chi connectivity index (χ0v) is 12.2. The van der Waals surface area contributed by atoms with Crippen molar-refractivity contribution >= 4 is 10.1 Å². The smallest absolute Gasteiger partial charge is 0.282 e. The molecule has 4 heteroatoms. The van der Waals surface area contributed by atoms with E-state index in [9.17, 15) is 8.42 Å². The van der Waals surface area contributed by atoms with Gasteiger partial charge in [0, 0.05) is 0 Å². The lowest BCUT2D eigenvalue weighted by Gasteiger charge is -2.05. The Labute approximate surface area is 120 Å². The van der Waals surface area contributed by atoms with E-state index in [0.717, 1.165) is 17.5 Å². The molecule has 0 aliphatic rings. The highest BCUT2D eigenvalue weighted by Gasteiger charge is 2.08. The lowest BCUT2D eigenvalue weighted by Crippen LogP contribution is -1.97. The molecular weight excluding hydrogens is 272 g/mol. The van der Waals surface area contributed by atoms with Gasteiger partial charge in [-0.2, -0.15) is 8.42 Å². The second-order valence-corrected chi connectivity index (χ2v) is 6.22. The average Bonchev–Trinajstić information content (AvgIpc) is 2.45. The summed E-state index contributed by atoms with van der Waals surface area (Å²) in [5.74, 6) is 0. The van der Waals surface area contributed by atoms with Gasteiger partial charge in [-0.3, -0.25) is 4.55 Å². The number of aryl methyl sites for hydroxylation is 1. The van der Waals surface area contributed by atoms with Crippen LogP contribution in [0.2, 0.25) is 0 Å². The highest BCUT2D eigenvalue weighted by molar-refractivity contribution is 7.85. The molecule has 0 aromatic heterocycles. The summed E-state index contributed by atoms with van der Waals surface area (Å²) in [6.45, 7) is 2.17. The maximum absolute atomic E-state index is 11.0. The van der Waals surface area contributed by atoms with Gasteiger partial charge in [0.05, 0.1) is 4.90 Å². The van der Waals surface area contributed by atoms with E-state index >= 15 is 0 Å². The van der Waals surface area contributed by atoms with Crippen LogP contribution in [0, 0.1) is 0 Å². The van der Waals surface area contributed by atoms with Crippen LogP contribution in [0.4, 0.5) is 0 Å². The van der Waals surface area contributed by atoms with Crippen LogP contribution in [-0.2, 0) is 16.5 Å². The maximum Gasteiger partial charge on any atom is 0.294 e. The van der Waals surface area contributed by atoms with Crippen molar-refractivity contribution in [3.05, 3.63) is 54.1 Å². The average molecular weight is 290 g/mol. The topological polar surface area (TPSA) is 54.4 Å². The number of hydrogen-bond acceptors (Lipinski definition) is 2. The van der Waals surface area contributed by atoms with Crippen LogP contribution in [0.3, 0.4) is 0 Å². The first kappa shape index (κ1) is 14.8. The van der Waals surface area contributed by atoms with Gasteiger partial charge in [-0.25, -0.2) is 0 Å². The third-order valence-corrected chi connectivity index (χ3v) is 4.13. The molecule has 0 aliphatic heterocycles. The van der Waals surface area contributed by atoms with E-state index in [2.05, 4.69) is 19.1 Å². The second-order valence-electron chi connectivity index (χ2n) is 4.80. The highest BCUT2D eigenvalue weighted by atomic mass is 32.2. The summed E-state index contributed by atoms with van der Waals surface area (Å²) in [5, 5.41) is 0. The summed E-state index contributed by atoms with van der Waals surface area (Å²) >= 11 is 0. The molecule has 0 radical (unpaired) electrons. The molecule has 0 aliphatic carbocycles. The van der Waals surface area contributed by atoms with E-state index in [1.807, 2.05) is 12.1 Å². The van der Waals surface area contributed by atoms with Crippen LogP contribution in [0.1, 0.15) is 25.3 Å². The first-order valence-corrected chi connectivity index (χ1v) is 8.11. The number of unbranched alkanes of at least 4 members (excludes halogenated alkanes) is 1. The Balaban J connectivity index is 2.19. The van der Waals surface area contributed by atoms with Crippen molar-refractivity contribution in [3.63, 3.8) is 0 Å². The molecule has 2 rings (SSSR count). The Kier molecular flexibility index (Phi) is 4.57. The van der Waals surface area contributed by atoms with Crippen LogP contribution in [0.25, 0.3) is 11.1 Å². The van der Waals surface area contributed by atoms with E-state index in [1.54, 1.807) is 12.1 Å². The Morgan fingerprint density at radius 2 is 1.40 bits per heavy atom. The molecule has 2 aromatic carbocycles. The van der Waals surface area contributed by atoms with E-state index < -0.39 is 10.1 Å². The van der Waals surface area contributed by atoms with Crippen molar-refractivity contribution < 1.29 is 13.0 Å². The van der Waals surface area contributed by atoms with Crippen LogP contribution in [0.15, 0.2) is 53.4 Å². The fourth-order valence-electron chi connectivity index (χ4n) is 2.06. The molecule has 0 bridgehead atoms. The first-order chi connectivity index (χ1) is 9.50. The fourth-order valence-corrected chi connectivity index (χ4v) is 2.54. The molecule has 0 unspecified atom stereocenters. The minimum atomic E-state index is -4.12. The van der Waals surface area contributed by atoms with Crippen molar-refractivity contribution in [3.8, 4) is 11.1 Å². The van der Waals surface area contributed by atoms with Crippen LogP contribution < -0.4 is 0 Å². The molecule has 0 spiro atoms. The molecule has 0 atom stereocenters.